The van der Waals surface area contributed by atoms with Crippen molar-refractivity contribution >= 4 is 51.3 Å². The minimum atomic E-state index is -1.62. The molecule has 3 aromatic heterocycles. The van der Waals surface area contributed by atoms with E-state index in [1.54, 1.807) is 42.9 Å². The maximum Gasteiger partial charge on any atom is 0.286 e. The molecule has 0 bridgehead atoms. The Hall–Kier alpha value is -9.08. The fraction of sp³-hybridized carbons (Fsp3) is 0.213. The van der Waals surface area contributed by atoms with Gasteiger partial charge in [0.1, 0.15) is 28.6 Å². The van der Waals surface area contributed by atoms with Crippen LogP contribution >= 0.6 is 23.4 Å². The second kappa shape index (κ2) is 25.2. The Bertz CT molecular complexity index is 3730. The average Bonchev–Trinajstić information content (AvgIpc) is 4.13. The van der Waals surface area contributed by atoms with Gasteiger partial charge in [-0.05, 0) is 107 Å². The summed E-state index contributed by atoms with van der Waals surface area (Å²) in [4.78, 5) is 51.5. The molecule has 9 aromatic rings. The second-order valence-electron chi connectivity index (χ2n) is 19.2. The molecule has 420 valence electrons. The molecular weight excluding hydrogens is 1090 g/mol. The lowest BCUT2D eigenvalue weighted by atomic mass is 9.92. The Morgan fingerprint density at radius 2 is 1.57 bits per heavy atom. The molecule has 0 spiro atoms. The molecule has 1 saturated heterocycles. The number of aromatic nitrogens is 5. The van der Waals surface area contributed by atoms with Crippen LogP contribution in [0.4, 0.5) is 4.79 Å². The molecule has 0 aliphatic carbocycles. The Morgan fingerprint density at radius 1 is 0.793 bits per heavy atom. The van der Waals surface area contributed by atoms with Crippen molar-refractivity contribution in [2.75, 3.05) is 20.3 Å². The third-order valence-corrected chi connectivity index (χ3v) is 15.0. The number of carbonyl (C=O) groups excluding carboxylic acids is 3. The summed E-state index contributed by atoms with van der Waals surface area (Å²) in [7, 11) is 1.41. The molecule has 12 rings (SSSR count). The second-order valence-corrected chi connectivity index (χ2v) is 20.8. The van der Waals surface area contributed by atoms with Crippen LogP contribution in [0, 0.1) is 0 Å². The van der Waals surface area contributed by atoms with E-state index in [9.17, 15) is 39.9 Å². The van der Waals surface area contributed by atoms with Gasteiger partial charge in [-0.15, -0.1) is 0 Å². The van der Waals surface area contributed by atoms with Gasteiger partial charge in [0.05, 0.1) is 55.3 Å². The predicted molar refractivity (Wildman–Crippen MR) is 304 cm³/mol. The number of pyridine rings is 1. The number of nitrogens with zero attached hydrogens (tertiary/aromatic N) is 4. The lowest BCUT2D eigenvalue weighted by Gasteiger charge is -2.35. The Morgan fingerprint density at radius 3 is 2.29 bits per heavy atom. The first kappa shape index (κ1) is 56.2. The van der Waals surface area contributed by atoms with Gasteiger partial charge in [-0.25, -0.2) is 9.97 Å². The molecule has 82 heavy (non-hydrogen) atoms. The number of phenolic OH excluding ortho intramolecular Hbond substituents is 3. The van der Waals surface area contributed by atoms with Crippen molar-refractivity contribution in [3.8, 4) is 46.0 Å². The molecule has 1 fully saturated rings. The lowest BCUT2D eigenvalue weighted by molar-refractivity contribution is -0.118. The SMILES string of the molecule is CCc1ccc(CCOc2ccc(CC3SC(=O)NC3=O)cc2)nc1.COc1cc([C@H]2Oc3cc([C@H]4Oc5cc(O)cc(O)c5C(=O)[C@@H]4O)ccc3O[C@@H]2CO)ccc1O.Clc1cccc(C(c2ccc3nc[nH]c3c2)n2ccnc2)c1. The monoisotopic (exact) mass is 1150 g/mol. The number of aromatic amines is 1. The van der Waals surface area contributed by atoms with Gasteiger partial charge < -0.3 is 58.8 Å². The number of imide groups is 1. The fourth-order valence-electron chi connectivity index (χ4n) is 9.59. The number of methoxy groups -OCH3 is 1. The first-order valence-electron chi connectivity index (χ1n) is 26.0. The number of fused-ring (bicyclic) bond motifs is 3. The molecule has 2 amide bonds. The zero-order valence-corrected chi connectivity index (χ0v) is 45.7. The first-order chi connectivity index (χ1) is 39.7. The highest BCUT2D eigenvalue weighted by Crippen LogP contribution is 2.46. The van der Waals surface area contributed by atoms with Crippen molar-refractivity contribution in [1.82, 2.24) is 29.8 Å². The Kier molecular flexibility index (Phi) is 17.2. The number of amides is 2. The number of thioether (sulfide) groups is 1. The summed E-state index contributed by atoms with van der Waals surface area (Å²) in [5, 5.41) is 52.6. The number of halogens is 1. The molecule has 6 aromatic carbocycles. The number of benzene rings is 6. The van der Waals surface area contributed by atoms with Crippen molar-refractivity contribution in [2.45, 2.75) is 61.9 Å². The van der Waals surface area contributed by atoms with E-state index in [0.29, 0.717) is 29.9 Å². The zero-order chi connectivity index (χ0) is 57.4. The highest BCUT2D eigenvalue weighted by atomic mass is 35.5. The molecule has 0 radical (unpaired) electrons. The maximum absolute atomic E-state index is 12.7. The quantitative estimate of drug-likeness (QED) is 0.0534. The summed E-state index contributed by atoms with van der Waals surface area (Å²) in [6.07, 6.45) is 7.19. The largest absolute Gasteiger partial charge is 0.508 e. The molecule has 0 saturated carbocycles. The van der Waals surface area contributed by atoms with Gasteiger partial charge >= 0.3 is 0 Å². The summed E-state index contributed by atoms with van der Waals surface area (Å²) in [6, 6.07) is 37.5. The predicted octanol–water partition coefficient (Wildman–Crippen LogP) is 9.57. The smallest absolute Gasteiger partial charge is 0.286 e. The van der Waals surface area contributed by atoms with Crippen LogP contribution in [-0.2, 0) is 24.1 Å². The average molecular weight is 1150 g/mol. The summed E-state index contributed by atoms with van der Waals surface area (Å²) in [5.41, 5.74) is 8.25. The summed E-state index contributed by atoms with van der Waals surface area (Å²) >= 11 is 7.22. The third-order valence-electron chi connectivity index (χ3n) is 13.8. The normalized spacial score (nSPS) is 18.2. The number of hydrogen-bond donors (Lipinski definition) is 7. The number of phenols is 3. The number of carbonyl (C=O) groups is 3. The van der Waals surface area contributed by atoms with E-state index in [1.165, 1.54) is 24.8 Å². The van der Waals surface area contributed by atoms with E-state index in [2.05, 4.69) is 61.0 Å². The third kappa shape index (κ3) is 12.7. The minimum Gasteiger partial charge on any atom is -0.508 e. The van der Waals surface area contributed by atoms with Gasteiger partial charge in [0.2, 0.25) is 11.7 Å². The van der Waals surface area contributed by atoms with Crippen LogP contribution in [-0.4, -0.2) is 105 Å². The number of aromatic hydroxyl groups is 3. The standard InChI is InChI=1S/C25H22O10.C19H20N2O3S.C17H13ClN4/c1-32-17-6-11(2-4-14(17)28)24-20(10-26)33-16-5-3-12(7-18(16)34-24)25-23(31)22(30)21-15(29)8-13(27)9-19(21)35-25;1-2-13-3-6-15(20-12-13)9-10-24-16-7-4-14(5-8-16)11-17-18(22)21-19(23)25-17;18-14-3-1-2-12(8-14)17(22-7-6-19-11-22)13-4-5-15-16(9-13)21-10-20-15/h2-9,20,23-29,31H,10H2,1H3;3-8,12,17H,2,9-11H2,1H3,(H,21,22,23);1-11,17H,(H,20,21)/t20-,23+,24-,25-;;/m1../s1. The number of aryl methyl sites for hydroxylation is 1. The number of imidazole rings is 2. The van der Waals surface area contributed by atoms with E-state index in [1.807, 2.05) is 73.3 Å². The number of hydrogen-bond acceptors (Lipinski definition) is 17. The molecule has 6 atom stereocenters. The number of Topliss-reactive ketones (excluding diaryl/α,β-unsaturated/α-hetero) is 1. The topological polar surface area (TPSA) is 270 Å². The van der Waals surface area contributed by atoms with Crippen LogP contribution in [0.25, 0.3) is 11.0 Å². The van der Waals surface area contributed by atoms with Gasteiger partial charge in [-0.1, -0.05) is 78.8 Å². The molecule has 3 aliphatic heterocycles. The number of ether oxygens (including phenoxy) is 5. The van der Waals surface area contributed by atoms with E-state index in [4.69, 9.17) is 35.3 Å². The Balaban J connectivity index is 0.000000142. The summed E-state index contributed by atoms with van der Waals surface area (Å²) < 4.78 is 30.8. The van der Waals surface area contributed by atoms with Crippen molar-refractivity contribution in [3.63, 3.8) is 0 Å². The van der Waals surface area contributed by atoms with Gasteiger partial charge in [0.15, 0.2) is 47.4 Å². The molecular formula is C61H55ClN6O13S. The molecule has 2 unspecified atom stereocenters. The van der Waals surface area contributed by atoms with Crippen molar-refractivity contribution in [2.24, 2.45) is 0 Å². The van der Waals surface area contributed by atoms with Crippen LogP contribution in [0.2, 0.25) is 5.02 Å². The highest BCUT2D eigenvalue weighted by molar-refractivity contribution is 8.15. The maximum atomic E-state index is 12.7. The number of ketones is 1. The fourth-order valence-corrected chi connectivity index (χ4v) is 10.6. The van der Waals surface area contributed by atoms with Crippen LogP contribution in [0.5, 0.6) is 46.0 Å². The lowest BCUT2D eigenvalue weighted by Crippen LogP contribution is -2.37. The zero-order valence-electron chi connectivity index (χ0n) is 44.1. The van der Waals surface area contributed by atoms with E-state index < -0.39 is 35.9 Å². The molecule has 21 heteroatoms. The number of nitrogens with one attached hydrogen (secondary N) is 2. The molecule has 6 heterocycles. The van der Waals surface area contributed by atoms with Gasteiger partial charge in [0, 0.05) is 53.4 Å². The summed E-state index contributed by atoms with van der Waals surface area (Å²) in [6.45, 7) is 2.32. The van der Waals surface area contributed by atoms with E-state index in [-0.39, 0.29) is 63.4 Å². The molecule has 3 aliphatic rings. The van der Waals surface area contributed by atoms with Gasteiger partial charge in [-0.3, -0.25) is 24.7 Å². The number of H-pyrrole nitrogens is 1. The number of aliphatic hydroxyl groups is 2. The van der Waals surface area contributed by atoms with Crippen LogP contribution in [0.3, 0.4) is 0 Å². The summed E-state index contributed by atoms with van der Waals surface area (Å²) in [5.74, 6) is -0.248. The van der Waals surface area contributed by atoms with Crippen molar-refractivity contribution in [3.05, 3.63) is 208 Å². The van der Waals surface area contributed by atoms with Crippen LogP contribution in [0.15, 0.2) is 159 Å². The Labute approximate surface area is 479 Å². The van der Waals surface area contributed by atoms with Gasteiger partial charge in [0.25, 0.3) is 5.24 Å². The van der Waals surface area contributed by atoms with Crippen LogP contribution < -0.4 is 29.0 Å². The number of rotatable bonds is 14. The van der Waals surface area contributed by atoms with E-state index >= 15 is 0 Å². The number of aliphatic hydroxyl groups excluding tert-OH is 2. The highest BCUT2D eigenvalue weighted by Gasteiger charge is 2.41. The van der Waals surface area contributed by atoms with Crippen molar-refractivity contribution in [1.29, 1.82) is 0 Å². The van der Waals surface area contributed by atoms with Gasteiger partial charge in [-0.2, -0.15) is 0 Å². The minimum absolute atomic E-state index is 0.0221. The molecule has 19 nitrogen and oxygen atoms in total. The van der Waals surface area contributed by atoms with E-state index in [0.717, 1.165) is 74.9 Å². The van der Waals surface area contributed by atoms with Crippen molar-refractivity contribution < 1.29 is 63.6 Å². The first-order valence-corrected chi connectivity index (χ1v) is 27.2. The molecule has 7 N–H and O–H groups in total. The van der Waals surface area contributed by atoms with Crippen LogP contribution in [0.1, 0.15) is 74.6 Å².